The molecule has 21 heavy (non-hydrogen) atoms. The maximum Gasteiger partial charge on any atom is 0.307 e. The van der Waals surface area contributed by atoms with Gasteiger partial charge in [0.05, 0.1) is 6.42 Å². The van der Waals surface area contributed by atoms with Gasteiger partial charge in [0.1, 0.15) is 10.8 Å². The predicted molar refractivity (Wildman–Crippen MR) is 81.6 cm³/mol. The second-order valence-corrected chi connectivity index (χ2v) is 5.23. The Kier molecular flexibility index (Phi) is 3.62. The maximum atomic E-state index is 11.0. The van der Waals surface area contributed by atoms with Gasteiger partial charge < -0.3 is 9.67 Å². The summed E-state index contributed by atoms with van der Waals surface area (Å²) in [6.45, 7) is 0.629. The van der Waals surface area contributed by atoms with Crippen molar-refractivity contribution in [1.82, 2.24) is 9.55 Å². The van der Waals surface area contributed by atoms with Crippen molar-refractivity contribution in [3.05, 3.63) is 64.9 Å². The molecule has 4 nitrogen and oxygen atoms in total. The molecule has 0 aliphatic carbocycles. The molecule has 0 fully saturated rings. The monoisotopic (exact) mass is 300 g/mol. The minimum absolute atomic E-state index is 0.0262. The zero-order chi connectivity index (χ0) is 14.8. The molecule has 1 N–H and O–H groups in total. The van der Waals surface area contributed by atoms with Gasteiger partial charge in [-0.3, -0.25) is 4.79 Å². The number of hydrogen-bond acceptors (Lipinski definition) is 2. The Hall–Kier alpha value is -2.33. The molecule has 2 aromatic heterocycles. The molecule has 0 bridgehead atoms. The molecule has 0 spiro atoms. The molecular weight excluding hydrogens is 288 g/mol. The van der Waals surface area contributed by atoms with E-state index in [9.17, 15) is 4.79 Å². The fraction of sp³-hybridized carbons (Fsp3) is 0.125. The molecule has 0 atom stereocenters. The third kappa shape index (κ3) is 2.90. The van der Waals surface area contributed by atoms with E-state index in [1.807, 2.05) is 47.2 Å². The second-order valence-electron chi connectivity index (χ2n) is 4.84. The Bertz CT molecular complexity index is 797. The van der Waals surface area contributed by atoms with E-state index in [1.54, 1.807) is 6.07 Å². The smallest absolute Gasteiger partial charge is 0.307 e. The van der Waals surface area contributed by atoms with Gasteiger partial charge in [-0.25, -0.2) is 4.98 Å². The number of aromatic nitrogens is 2. The third-order valence-corrected chi connectivity index (χ3v) is 3.52. The number of halogens is 1. The number of rotatable bonds is 4. The van der Waals surface area contributed by atoms with Crippen LogP contribution in [0.1, 0.15) is 11.1 Å². The van der Waals surface area contributed by atoms with Crippen molar-refractivity contribution in [3.8, 4) is 0 Å². The summed E-state index contributed by atoms with van der Waals surface area (Å²) in [5.41, 5.74) is 2.58. The predicted octanol–water partition coefficient (Wildman–Crippen LogP) is 3.37. The Labute approximate surface area is 126 Å². The summed E-state index contributed by atoms with van der Waals surface area (Å²) in [6.07, 6.45) is 1.82. The van der Waals surface area contributed by atoms with Crippen molar-refractivity contribution in [2.24, 2.45) is 0 Å². The summed E-state index contributed by atoms with van der Waals surface area (Å²) in [5, 5.41) is 10.3. The zero-order valence-corrected chi connectivity index (χ0v) is 11.9. The van der Waals surface area contributed by atoms with Crippen LogP contribution in [0.25, 0.3) is 11.0 Å². The van der Waals surface area contributed by atoms with Gasteiger partial charge in [0, 0.05) is 18.1 Å². The van der Waals surface area contributed by atoms with Crippen molar-refractivity contribution in [1.29, 1.82) is 0 Å². The highest BCUT2D eigenvalue weighted by Crippen LogP contribution is 2.23. The Morgan fingerprint density at radius 3 is 2.67 bits per heavy atom. The van der Waals surface area contributed by atoms with Crippen LogP contribution in [0.5, 0.6) is 0 Å². The first-order valence-corrected chi connectivity index (χ1v) is 6.91. The lowest BCUT2D eigenvalue weighted by Crippen LogP contribution is -2.00. The summed E-state index contributed by atoms with van der Waals surface area (Å²) in [4.78, 5) is 15.3. The third-order valence-electron chi connectivity index (χ3n) is 3.31. The van der Waals surface area contributed by atoms with Crippen molar-refractivity contribution < 1.29 is 9.90 Å². The van der Waals surface area contributed by atoms with E-state index in [0.29, 0.717) is 17.3 Å². The first kappa shape index (κ1) is 13.6. The van der Waals surface area contributed by atoms with Gasteiger partial charge in [0.25, 0.3) is 0 Å². The molecule has 1 aromatic carbocycles. The van der Waals surface area contributed by atoms with Gasteiger partial charge >= 0.3 is 5.97 Å². The molecule has 0 aliphatic rings. The van der Waals surface area contributed by atoms with Crippen molar-refractivity contribution >= 4 is 28.6 Å². The summed E-state index contributed by atoms with van der Waals surface area (Å²) in [5.74, 6) is -0.858. The highest BCUT2D eigenvalue weighted by atomic mass is 35.5. The van der Waals surface area contributed by atoms with Crippen LogP contribution in [0, 0.1) is 0 Å². The lowest BCUT2D eigenvalue weighted by molar-refractivity contribution is -0.136. The summed E-state index contributed by atoms with van der Waals surface area (Å²) >= 11 is 5.97. The van der Waals surface area contributed by atoms with Crippen LogP contribution in [0.15, 0.2) is 48.7 Å². The number of fused-ring (bicyclic) bond motifs is 1. The van der Waals surface area contributed by atoms with Crippen LogP contribution in [-0.4, -0.2) is 20.6 Å². The molecule has 3 rings (SSSR count). The van der Waals surface area contributed by atoms with E-state index in [4.69, 9.17) is 16.7 Å². The maximum absolute atomic E-state index is 11.0. The van der Waals surface area contributed by atoms with Gasteiger partial charge in [0.2, 0.25) is 0 Å². The largest absolute Gasteiger partial charge is 0.481 e. The van der Waals surface area contributed by atoms with Crippen molar-refractivity contribution in [2.45, 2.75) is 13.0 Å². The van der Waals surface area contributed by atoms with E-state index in [1.165, 1.54) is 0 Å². The molecule has 0 radical (unpaired) electrons. The van der Waals surface area contributed by atoms with E-state index in [-0.39, 0.29) is 6.42 Å². The molecule has 3 aromatic rings. The number of carboxylic acids is 1. The number of pyridine rings is 1. The minimum Gasteiger partial charge on any atom is -0.481 e. The number of benzene rings is 1. The topological polar surface area (TPSA) is 55.1 Å². The Balaban J connectivity index is 2.08. The fourth-order valence-electron chi connectivity index (χ4n) is 2.42. The summed E-state index contributed by atoms with van der Waals surface area (Å²) in [6, 6.07) is 13.5. The second kappa shape index (κ2) is 5.58. The SMILES string of the molecule is O=C(O)Cc1cn(Cc2ccccc2)c2nc(Cl)ccc12. The highest BCUT2D eigenvalue weighted by Gasteiger charge is 2.13. The van der Waals surface area contributed by atoms with Crippen molar-refractivity contribution in [3.63, 3.8) is 0 Å². The quantitative estimate of drug-likeness (QED) is 0.752. The van der Waals surface area contributed by atoms with Crippen molar-refractivity contribution in [2.75, 3.05) is 0 Å². The highest BCUT2D eigenvalue weighted by molar-refractivity contribution is 6.29. The Morgan fingerprint density at radius 2 is 1.95 bits per heavy atom. The van der Waals surface area contributed by atoms with Gasteiger partial charge in [0.15, 0.2) is 0 Å². The molecule has 106 valence electrons. The Morgan fingerprint density at radius 1 is 1.19 bits per heavy atom. The lowest BCUT2D eigenvalue weighted by Gasteiger charge is -2.04. The number of hydrogen-bond donors (Lipinski definition) is 1. The lowest BCUT2D eigenvalue weighted by atomic mass is 10.2. The average Bonchev–Trinajstić information content (AvgIpc) is 2.76. The van der Waals surface area contributed by atoms with Crippen LogP contribution in [0.3, 0.4) is 0 Å². The van der Waals surface area contributed by atoms with Crippen LogP contribution >= 0.6 is 11.6 Å². The van der Waals surface area contributed by atoms with Gasteiger partial charge in [-0.15, -0.1) is 0 Å². The average molecular weight is 301 g/mol. The molecule has 2 heterocycles. The van der Waals surface area contributed by atoms with E-state index >= 15 is 0 Å². The summed E-state index contributed by atoms with van der Waals surface area (Å²) < 4.78 is 1.94. The molecule has 0 aliphatic heterocycles. The van der Waals surface area contributed by atoms with Crippen LogP contribution in [-0.2, 0) is 17.8 Å². The molecule has 5 heteroatoms. The summed E-state index contributed by atoms with van der Waals surface area (Å²) in [7, 11) is 0. The standard InChI is InChI=1S/C16H13ClN2O2/c17-14-7-6-13-12(8-15(20)21)10-19(16(13)18-14)9-11-4-2-1-3-5-11/h1-7,10H,8-9H2,(H,20,21). The first-order chi connectivity index (χ1) is 10.1. The first-order valence-electron chi connectivity index (χ1n) is 6.53. The molecule has 0 saturated carbocycles. The van der Waals surface area contributed by atoms with Crippen LogP contribution in [0.2, 0.25) is 5.15 Å². The number of carboxylic acid groups (broad SMARTS) is 1. The van der Waals surface area contributed by atoms with Gasteiger partial charge in [-0.05, 0) is 23.3 Å². The van der Waals surface area contributed by atoms with Crippen LogP contribution < -0.4 is 0 Å². The normalized spacial score (nSPS) is 10.9. The van der Waals surface area contributed by atoms with Gasteiger partial charge in [-0.2, -0.15) is 0 Å². The molecule has 0 amide bonds. The number of aliphatic carboxylic acids is 1. The van der Waals surface area contributed by atoms with Gasteiger partial charge in [-0.1, -0.05) is 41.9 Å². The van der Waals surface area contributed by atoms with E-state index < -0.39 is 5.97 Å². The molecule has 0 unspecified atom stereocenters. The van der Waals surface area contributed by atoms with E-state index in [0.717, 1.165) is 16.5 Å². The minimum atomic E-state index is -0.858. The number of carbonyl (C=O) groups is 1. The van der Waals surface area contributed by atoms with E-state index in [2.05, 4.69) is 4.98 Å². The fourth-order valence-corrected chi connectivity index (χ4v) is 2.56. The van der Waals surface area contributed by atoms with Crippen LogP contribution in [0.4, 0.5) is 0 Å². The zero-order valence-electron chi connectivity index (χ0n) is 11.2. The molecular formula is C16H13ClN2O2. The molecule has 0 saturated heterocycles. The number of nitrogens with zero attached hydrogens (tertiary/aromatic N) is 2.